The van der Waals surface area contributed by atoms with Crippen LogP contribution in [0.15, 0.2) is 23.2 Å². The van der Waals surface area contributed by atoms with Crippen LogP contribution in [0.2, 0.25) is 0 Å². The third-order valence-electron chi connectivity index (χ3n) is 1.63. The van der Waals surface area contributed by atoms with Crippen molar-refractivity contribution in [2.45, 2.75) is 6.54 Å². The molecule has 1 heterocycles. The van der Waals surface area contributed by atoms with Crippen LogP contribution < -0.4 is 0 Å². The molecule has 0 fully saturated rings. The number of nitrogens with zero attached hydrogens (tertiary/aromatic N) is 1. The molecule has 1 nitrogen and oxygen atoms in total. The number of hydrogen-bond acceptors (Lipinski definition) is 1. The average Bonchev–Trinajstić information content (AvgIpc) is 2.36. The lowest BCUT2D eigenvalue weighted by molar-refractivity contribution is 0.625. The van der Waals surface area contributed by atoms with Crippen LogP contribution in [0.1, 0.15) is 11.1 Å². The Morgan fingerprint density at radius 2 is 2.30 bits per heavy atom. The molecule has 0 radical (unpaired) electrons. The van der Waals surface area contributed by atoms with Crippen LogP contribution >= 0.6 is 0 Å². The van der Waals surface area contributed by atoms with Crippen molar-refractivity contribution in [2.75, 3.05) is 0 Å². The topological polar surface area (TPSA) is 12.4 Å². The van der Waals surface area contributed by atoms with E-state index in [9.17, 15) is 4.39 Å². The van der Waals surface area contributed by atoms with Crippen molar-refractivity contribution in [1.82, 2.24) is 0 Å². The lowest BCUT2D eigenvalue weighted by Crippen LogP contribution is -1.87. The molecule has 1 aliphatic heterocycles. The molecular weight excluding hydrogens is 129 g/mol. The van der Waals surface area contributed by atoms with Gasteiger partial charge in [-0.15, -0.1) is 0 Å². The third kappa shape index (κ3) is 0.652. The summed E-state index contributed by atoms with van der Waals surface area (Å²) < 4.78 is 12.8. The molecule has 0 unspecified atom stereocenters. The second-order valence-corrected chi connectivity index (χ2v) is 2.28. The number of benzene rings is 1. The summed E-state index contributed by atoms with van der Waals surface area (Å²) in [7, 11) is 0. The van der Waals surface area contributed by atoms with E-state index in [0.29, 0.717) is 12.1 Å². The normalized spacial score (nSPS) is 13.7. The maximum atomic E-state index is 12.8. The van der Waals surface area contributed by atoms with Gasteiger partial charge in [0.25, 0.3) is 0 Å². The van der Waals surface area contributed by atoms with Crippen LogP contribution in [-0.4, -0.2) is 6.21 Å². The van der Waals surface area contributed by atoms with E-state index in [1.807, 2.05) is 6.07 Å². The van der Waals surface area contributed by atoms with Crippen LogP contribution in [0.3, 0.4) is 0 Å². The maximum absolute atomic E-state index is 12.8. The summed E-state index contributed by atoms with van der Waals surface area (Å²) in [6.07, 6.45) is 1.59. The van der Waals surface area contributed by atoms with E-state index >= 15 is 0 Å². The Morgan fingerprint density at radius 1 is 1.40 bits per heavy atom. The van der Waals surface area contributed by atoms with Crippen LogP contribution in [0.25, 0.3) is 0 Å². The molecule has 0 amide bonds. The monoisotopic (exact) mass is 135 g/mol. The van der Waals surface area contributed by atoms with Crippen molar-refractivity contribution >= 4 is 6.21 Å². The van der Waals surface area contributed by atoms with Gasteiger partial charge in [-0.2, -0.15) is 0 Å². The Bertz CT molecular complexity index is 291. The molecule has 0 aliphatic carbocycles. The van der Waals surface area contributed by atoms with E-state index in [1.54, 1.807) is 12.3 Å². The van der Waals surface area contributed by atoms with Gasteiger partial charge in [-0.25, -0.2) is 4.39 Å². The van der Waals surface area contributed by atoms with Crippen molar-refractivity contribution in [3.05, 3.63) is 35.1 Å². The molecule has 50 valence electrons. The van der Waals surface area contributed by atoms with Crippen LogP contribution in [0.5, 0.6) is 0 Å². The largest absolute Gasteiger partial charge is 0.288 e. The minimum atomic E-state index is -0.168. The van der Waals surface area contributed by atoms with Gasteiger partial charge in [0.15, 0.2) is 0 Å². The van der Waals surface area contributed by atoms with E-state index in [4.69, 9.17) is 0 Å². The van der Waals surface area contributed by atoms with Gasteiger partial charge < -0.3 is 0 Å². The zero-order chi connectivity index (χ0) is 6.97. The number of rotatable bonds is 0. The first-order valence-electron chi connectivity index (χ1n) is 3.15. The highest BCUT2D eigenvalue weighted by molar-refractivity contribution is 5.84. The summed E-state index contributed by atoms with van der Waals surface area (Å²) in [6.45, 7) is 0.632. The second kappa shape index (κ2) is 1.90. The van der Waals surface area contributed by atoms with E-state index in [2.05, 4.69) is 4.99 Å². The lowest BCUT2D eigenvalue weighted by atomic mass is 10.1. The predicted octanol–water partition coefficient (Wildman–Crippen LogP) is 1.76. The Labute approximate surface area is 58.2 Å². The van der Waals surface area contributed by atoms with Gasteiger partial charge >= 0.3 is 0 Å². The minimum absolute atomic E-state index is 0.168. The van der Waals surface area contributed by atoms with E-state index in [-0.39, 0.29) is 5.82 Å². The van der Waals surface area contributed by atoms with Crippen molar-refractivity contribution in [3.8, 4) is 0 Å². The summed E-state index contributed by atoms with van der Waals surface area (Å²) in [4.78, 5) is 3.95. The zero-order valence-corrected chi connectivity index (χ0v) is 5.34. The molecule has 0 N–H and O–H groups in total. The zero-order valence-electron chi connectivity index (χ0n) is 5.34. The fourth-order valence-corrected chi connectivity index (χ4v) is 1.10. The average molecular weight is 135 g/mol. The maximum Gasteiger partial charge on any atom is 0.132 e. The second-order valence-electron chi connectivity index (χ2n) is 2.28. The molecule has 1 aromatic carbocycles. The quantitative estimate of drug-likeness (QED) is 0.514. The summed E-state index contributed by atoms with van der Waals surface area (Å²) in [5.41, 5.74) is 1.64. The molecule has 0 aromatic heterocycles. The summed E-state index contributed by atoms with van der Waals surface area (Å²) in [5.74, 6) is -0.168. The Morgan fingerprint density at radius 3 is 3.10 bits per heavy atom. The van der Waals surface area contributed by atoms with Crippen LogP contribution in [0.4, 0.5) is 4.39 Å². The van der Waals surface area contributed by atoms with Gasteiger partial charge in [0, 0.05) is 11.8 Å². The van der Waals surface area contributed by atoms with Crippen molar-refractivity contribution in [3.63, 3.8) is 0 Å². The third-order valence-corrected chi connectivity index (χ3v) is 1.63. The van der Waals surface area contributed by atoms with E-state index in [1.165, 1.54) is 6.07 Å². The summed E-state index contributed by atoms with van der Waals surface area (Å²) >= 11 is 0. The van der Waals surface area contributed by atoms with E-state index < -0.39 is 0 Å². The Hall–Kier alpha value is -1.18. The fourth-order valence-electron chi connectivity index (χ4n) is 1.10. The number of fused-ring (bicyclic) bond motifs is 1. The molecule has 0 spiro atoms. The summed E-state index contributed by atoms with van der Waals surface area (Å²) in [5, 5.41) is 0. The smallest absolute Gasteiger partial charge is 0.132 e. The van der Waals surface area contributed by atoms with Gasteiger partial charge in [-0.3, -0.25) is 4.99 Å². The number of halogens is 1. The van der Waals surface area contributed by atoms with Crippen molar-refractivity contribution in [2.24, 2.45) is 4.99 Å². The van der Waals surface area contributed by atoms with Crippen molar-refractivity contribution < 1.29 is 4.39 Å². The van der Waals surface area contributed by atoms with Crippen LogP contribution in [-0.2, 0) is 6.54 Å². The first-order valence-corrected chi connectivity index (χ1v) is 3.15. The highest BCUT2D eigenvalue weighted by atomic mass is 19.1. The van der Waals surface area contributed by atoms with Crippen LogP contribution in [0, 0.1) is 5.82 Å². The molecule has 1 aromatic rings. The Kier molecular flexibility index (Phi) is 1.07. The fraction of sp³-hybridized carbons (Fsp3) is 0.125. The molecular formula is C8H6FN. The van der Waals surface area contributed by atoms with Gasteiger partial charge in [-0.05, 0) is 11.6 Å². The van der Waals surface area contributed by atoms with Gasteiger partial charge in [-0.1, -0.05) is 12.1 Å². The highest BCUT2D eigenvalue weighted by Gasteiger charge is 2.08. The van der Waals surface area contributed by atoms with Gasteiger partial charge in [0.05, 0.1) is 6.54 Å². The number of hydrogen-bond donors (Lipinski definition) is 0. The molecule has 2 heteroatoms. The van der Waals surface area contributed by atoms with Gasteiger partial charge in [0.1, 0.15) is 5.82 Å². The molecule has 2 rings (SSSR count). The number of aliphatic imine (C=N–C) groups is 1. The molecule has 0 bridgehead atoms. The van der Waals surface area contributed by atoms with Gasteiger partial charge in [0.2, 0.25) is 0 Å². The first kappa shape index (κ1) is 5.59. The first-order chi connectivity index (χ1) is 4.88. The lowest BCUT2D eigenvalue weighted by Gasteiger charge is -1.95. The Balaban J connectivity index is 2.67. The molecule has 0 saturated carbocycles. The summed E-state index contributed by atoms with van der Waals surface area (Å²) in [6, 6.07) is 5.06. The molecule has 0 atom stereocenters. The molecule has 10 heavy (non-hydrogen) atoms. The molecule has 0 saturated heterocycles. The van der Waals surface area contributed by atoms with Crippen molar-refractivity contribution in [1.29, 1.82) is 0 Å². The predicted molar refractivity (Wildman–Crippen MR) is 37.7 cm³/mol. The highest BCUT2D eigenvalue weighted by Crippen LogP contribution is 2.16. The molecule has 1 aliphatic rings. The van der Waals surface area contributed by atoms with E-state index in [0.717, 1.165) is 5.56 Å². The standard InChI is InChI=1S/C8H6FN/c9-8-3-1-2-6-4-10-5-7(6)8/h1-3,5H,4H2. The SMILES string of the molecule is Fc1cccc2c1C=NC2. The minimum Gasteiger partial charge on any atom is -0.288 e.